The minimum atomic E-state index is -0.303. The lowest BCUT2D eigenvalue weighted by Gasteiger charge is -2.14. The SMILES string of the molecule is CC(ON)OCCC1C=CC=CC1. The van der Waals surface area contributed by atoms with E-state index in [-0.39, 0.29) is 6.29 Å². The van der Waals surface area contributed by atoms with Crippen molar-refractivity contribution in [3.05, 3.63) is 24.3 Å². The number of hydrogen-bond acceptors (Lipinski definition) is 3. The van der Waals surface area contributed by atoms with Gasteiger partial charge in [0.1, 0.15) is 0 Å². The maximum absolute atomic E-state index is 5.29. The molecule has 0 saturated carbocycles. The molecular formula is C10H17NO2. The van der Waals surface area contributed by atoms with Crippen LogP contribution in [-0.2, 0) is 9.57 Å². The third kappa shape index (κ3) is 4.22. The minimum Gasteiger partial charge on any atom is -0.351 e. The molecule has 2 N–H and O–H groups in total. The van der Waals surface area contributed by atoms with E-state index in [2.05, 4.69) is 29.1 Å². The molecule has 0 bridgehead atoms. The third-order valence-electron chi connectivity index (χ3n) is 2.10. The fourth-order valence-electron chi connectivity index (χ4n) is 1.27. The summed E-state index contributed by atoms with van der Waals surface area (Å²) in [5.41, 5.74) is 0. The summed E-state index contributed by atoms with van der Waals surface area (Å²) in [6.45, 7) is 2.48. The van der Waals surface area contributed by atoms with E-state index >= 15 is 0 Å². The van der Waals surface area contributed by atoms with Crippen LogP contribution >= 0.6 is 0 Å². The Morgan fingerprint density at radius 2 is 2.38 bits per heavy atom. The Kier molecular flexibility index (Phi) is 4.75. The standard InChI is InChI=1S/C10H17NO2/c1-9(13-11)12-8-7-10-5-3-2-4-6-10/h2-5,9-10H,6-8,11H2,1H3. The van der Waals surface area contributed by atoms with Crippen molar-refractivity contribution in [2.45, 2.75) is 26.1 Å². The Bertz CT molecular complexity index is 189. The molecule has 74 valence electrons. The van der Waals surface area contributed by atoms with Crippen molar-refractivity contribution in [2.24, 2.45) is 11.8 Å². The van der Waals surface area contributed by atoms with Crippen molar-refractivity contribution in [1.82, 2.24) is 0 Å². The first-order valence-corrected chi connectivity index (χ1v) is 4.63. The van der Waals surface area contributed by atoms with Gasteiger partial charge < -0.3 is 4.74 Å². The van der Waals surface area contributed by atoms with Crippen molar-refractivity contribution >= 4 is 0 Å². The van der Waals surface area contributed by atoms with E-state index < -0.39 is 0 Å². The highest BCUT2D eigenvalue weighted by Crippen LogP contribution is 2.15. The lowest BCUT2D eigenvalue weighted by atomic mass is 9.98. The molecule has 1 aliphatic rings. The summed E-state index contributed by atoms with van der Waals surface area (Å²) in [7, 11) is 0. The molecule has 1 rings (SSSR count). The fourth-order valence-corrected chi connectivity index (χ4v) is 1.27. The predicted molar refractivity (Wildman–Crippen MR) is 51.7 cm³/mol. The minimum absolute atomic E-state index is 0.303. The molecule has 3 nitrogen and oxygen atoms in total. The lowest BCUT2D eigenvalue weighted by Crippen LogP contribution is -2.18. The molecular weight excluding hydrogens is 166 g/mol. The van der Waals surface area contributed by atoms with Crippen LogP contribution in [0.5, 0.6) is 0 Å². The number of ether oxygens (including phenoxy) is 1. The van der Waals surface area contributed by atoms with E-state index in [4.69, 9.17) is 10.6 Å². The molecule has 0 aromatic carbocycles. The van der Waals surface area contributed by atoms with E-state index in [0.29, 0.717) is 12.5 Å². The summed E-state index contributed by atoms with van der Waals surface area (Å²) in [5, 5.41) is 0. The van der Waals surface area contributed by atoms with Gasteiger partial charge in [-0.2, -0.15) is 0 Å². The Morgan fingerprint density at radius 3 is 3.00 bits per heavy atom. The molecule has 2 unspecified atom stereocenters. The summed E-state index contributed by atoms with van der Waals surface area (Å²) in [6, 6.07) is 0. The normalized spacial score (nSPS) is 23.4. The van der Waals surface area contributed by atoms with Crippen LogP contribution in [0.1, 0.15) is 19.8 Å². The second kappa shape index (κ2) is 5.91. The second-order valence-electron chi connectivity index (χ2n) is 3.17. The van der Waals surface area contributed by atoms with Crippen LogP contribution in [0.25, 0.3) is 0 Å². The first kappa shape index (κ1) is 10.4. The van der Waals surface area contributed by atoms with Gasteiger partial charge in [0.2, 0.25) is 0 Å². The second-order valence-corrected chi connectivity index (χ2v) is 3.17. The maximum atomic E-state index is 5.29. The Labute approximate surface area is 79.2 Å². The number of nitrogens with two attached hydrogens (primary N) is 1. The first-order chi connectivity index (χ1) is 6.33. The summed E-state index contributed by atoms with van der Waals surface area (Å²) in [5.74, 6) is 5.55. The van der Waals surface area contributed by atoms with Gasteiger partial charge in [0.15, 0.2) is 6.29 Å². The summed E-state index contributed by atoms with van der Waals surface area (Å²) in [6.07, 6.45) is 10.4. The van der Waals surface area contributed by atoms with E-state index in [0.717, 1.165) is 12.8 Å². The van der Waals surface area contributed by atoms with Crippen molar-refractivity contribution in [3.63, 3.8) is 0 Å². The number of rotatable bonds is 5. The zero-order chi connectivity index (χ0) is 9.52. The van der Waals surface area contributed by atoms with Crippen molar-refractivity contribution in [2.75, 3.05) is 6.61 Å². The average Bonchev–Trinajstić information content (AvgIpc) is 2.19. The van der Waals surface area contributed by atoms with Gasteiger partial charge in [-0.3, -0.25) is 4.84 Å². The highest BCUT2D eigenvalue weighted by atomic mass is 16.7. The molecule has 0 radical (unpaired) electrons. The predicted octanol–water partition coefficient (Wildman–Crippen LogP) is 1.76. The maximum Gasteiger partial charge on any atom is 0.174 e. The highest BCUT2D eigenvalue weighted by molar-refractivity contribution is 5.10. The van der Waals surface area contributed by atoms with Gasteiger partial charge in [0, 0.05) is 0 Å². The molecule has 0 aromatic heterocycles. The molecule has 13 heavy (non-hydrogen) atoms. The van der Waals surface area contributed by atoms with Crippen molar-refractivity contribution in [3.8, 4) is 0 Å². The topological polar surface area (TPSA) is 44.5 Å². The largest absolute Gasteiger partial charge is 0.351 e. The van der Waals surface area contributed by atoms with E-state index in [9.17, 15) is 0 Å². The zero-order valence-corrected chi connectivity index (χ0v) is 7.98. The molecule has 0 amide bonds. The highest BCUT2D eigenvalue weighted by Gasteiger charge is 2.06. The number of hydrogen-bond donors (Lipinski definition) is 1. The molecule has 0 aromatic rings. The van der Waals surface area contributed by atoms with Crippen LogP contribution < -0.4 is 5.90 Å². The zero-order valence-electron chi connectivity index (χ0n) is 7.98. The molecule has 0 aliphatic heterocycles. The molecule has 2 atom stereocenters. The van der Waals surface area contributed by atoms with Gasteiger partial charge in [-0.25, -0.2) is 5.90 Å². The molecule has 0 saturated heterocycles. The fraction of sp³-hybridized carbons (Fsp3) is 0.600. The van der Waals surface area contributed by atoms with Crippen molar-refractivity contribution in [1.29, 1.82) is 0 Å². The average molecular weight is 183 g/mol. The van der Waals surface area contributed by atoms with Gasteiger partial charge in [-0.05, 0) is 25.7 Å². The smallest absolute Gasteiger partial charge is 0.174 e. The third-order valence-corrected chi connectivity index (χ3v) is 2.10. The van der Waals surface area contributed by atoms with Gasteiger partial charge in [-0.15, -0.1) is 0 Å². The summed E-state index contributed by atoms with van der Waals surface area (Å²) >= 11 is 0. The number of allylic oxidation sites excluding steroid dienone is 4. The van der Waals surface area contributed by atoms with Gasteiger partial charge in [0.25, 0.3) is 0 Å². The molecule has 0 spiro atoms. The van der Waals surface area contributed by atoms with Gasteiger partial charge >= 0.3 is 0 Å². The first-order valence-electron chi connectivity index (χ1n) is 4.63. The lowest BCUT2D eigenvalue weighted by molar-refractivity contribution is -0.134. The van der Waals surface area contributed by atoms with Gasteiger partial charge in [-0.1, -0.05) is 24.3 Å². The Balaban J connectivity index is 2.06. The molecule has 1 aliphatic carbocycles. The molecule has 0 fully saturated rings. The van der Waals surface area contributed by atoms with Crippen LogP contribution in [0, 0.1) is 5.92 Å². The molecule has 0 heterocycles. The van der Waals surface area contributed by atoms with E-state index in [1.807, 2.05) is 0 Å². The monoisotopic (exact) mass is 183 g/mol. The van der Waals surface area contributed by atoms with E-state index in [1.54, 1.807) is 6.92 Å². The summed E-state index contributed by atoms with van der Waals surface area (Å²) < 4.78 is 5.29. The van der Waals surface area contributed by atoms with Crippen LogP contribution in [0.2, 0.25) is 0 Å². The summed E-state index contributed by atoms with van der Waals surface area (Å²) in [4.78, 5) is 4.49. The van der Waals surface area contributed by atoms with Crippen LogP contribution in [-0.4, -0.2) is 12.9 Å². The Morgan fingerprint density at radius 1 is 1.54 bits per heavy atom. The Hall–Kier alpha value is -0.640. The van der Waals surface area contributed by atoms with Crippen molar-refractivity contribution < 1.29 is 9.57 Å². The quantitative estimate of drug-likeness (QED) is 0.521. The van der Waals surface area contributed by atoms with Crippen LogP contribution in [0.3, 0.4) is 0 Å². The van der Waals surface area contributed by atoms with Gasteiger partial charge in [0.05, 0.1) is 6.61 Å². The van der Waals surface area contributed by atoms with Crippen LogP contribution in [0.15, 0.2) is 24.3 Å². The van der Waals surface area contributed by atoms with E-state index in [1.165, 1.54) is 0 Å². The molecule has 3 heteroatoms. The van der Waals surface area contributed by atoms with Crippen LogP contribution in [0.4, 0.5) is 0 Å².